The first-order valence-electron chi connectivity index (χ1n) is 8.48. The van der Waals surface area contributed by atoms with E-state index in [1.165, 1.54) is 23.5 Å². The van der Waals surface area contributed by atoms with Crippen LogP contribution >= 0.6 is 11.3 Å². The zero-order valence-electron chi connectivity index (χ0n) is 13.7. The van der Waals surface area contributed by atoms with Gasteiger partial charge < -0.3 is 15.7 Å². The zero-order chi connectivity index (χ0) is 18.5. The van der Waals surface area contributed by atoms with Crippen LogP contribution in [0.5, 0.6) is 0 Å². The van der Waals surface area contributed by atoms with E-state index in [0.717, 1.165) is 13.1 Å². The Kier molecular flexibility index (Phi) is 4.40. The first-order chi connectivity index (χ1) is 12.3. The van der Waals surface area contributed by atoms with Gasteiger partial charge in [0.25, 0.3) is 5.91 Å². The number of carbonyl (C=O) groups excluding carboxylic acids is 1. The molecule has 0 unspecified atom stereocenters. The van der Waals surface area contributed by atoms with Crippen LogP contribution in [0.4, 0.5) is 13.2 Å². The number of carbonyl (C=O) groups is 1. The maximum Gasteiger partial charge on any atom is 0.434 e. The van der Waals surface area contributed by atoms with Gasteiger partial charge in [0, 0.05) is 0 Å². The highest BCUT2D eigenvalue weighted by Gasteiger charge is 2.41. The molecule has 0 spiro atoms. The van der Waals surface area contributed by atoms with Crippen molar-refractivity contribution in [1.82, 2.24) is 15.6 Å². The molecule has 1 amide bonds. The Morgan fingerprint density at radius 3 is 2.77 bits per heavy atom. The standard InChI is InChI=1S/C17H18F3N3O2S/c18-17(19,20)15-10(5-14-11(22-15)1-2-26-14)16(25)23-12-3-8-6-21-7-9(8)4-13(12)24/h1-2,5,8-9,12-13,21,24H,3-4,6-7H2,(H,23,25)/t8-,9+,12-,13-/m0/s1. The van der Waals surface area contributed by atoms with Crippen LogP contribution in [0, 0.1) is 11.8 Å². The second kappa shape index (κ2) is 6.47. The van der Waals surface area contributed by atoms with E-state index in [-0.39, 0.29) is 5.52 Å². The second-order valence-corrected chi connectivity index (χ2v) is 7.93. The molecule has 140 valence electrons. The molecule has 1 saturated heterocycles. The number of thiophene rings is 1. The lowest BCUT2D eigenvalue weighted by Gasteiger charge is -2.35. The van der Waals surface area contributed by atoms with Crippen LogP contribution in [0.1, 0.15) is 28.9 Å². The molecule has 1 aliphatic heterocycles. The molecule has 3 heterocycles. The number of aliphatic hydroxyl groups excluding tert-OH is 1. The first kappa shape index (κ1) is 17.7. The topological polar surface area (TPSA) is 74.2 Å². The molecule has 4 rings (SSSR count). The Labute approximate surface area is 151 Å². The molecule has 0 aromatic carbocycles. The van der Waals surface area contributed by atoms with E-state index in [9.17, 15) is 23.1 Å². The van der Waals surface area contributed by atoms with Crippen molar-refractivity contribution in [3.05, 3.63) is 28.8 Å². The van der Waals surface area contributed by atoms with Crippen LogP contribution in [-0.4, -0.2) is 41.2 Å². The van der Waals surface area contributed by atoms with Crippen LogP contribution < -0.4 is 10.6 Å². The van der Waals surface area contributed by atoms with Crippen LogP contribution in [0.2, 0.25) is 0 Å². The average molecular weight is 385 g/mol. The summed E-state index contributed by atoms with van der Waals surface area (Å²) in [4.78, 5) is 16.3. The molecule has 2 aromatic rings. The summed E-state index contributed by atoms with van der Waals surface area (Å²) in [5, 5.41) is 17.8. The highest BCUT2D eigenvalue weighted by Crippen LogP contribution is 2.35. The molecule has 2 fully saturated rings. The third-order valence-electron chi connectivity index (χ3n) is 5.31. The van der Waals surface area contributed by atoms with E-state index in [2.05, 4.69) is 15.6 Å². The van der Waals surface area contributed by atoms with Gasteiger partial charge in [0.05, 0.1) is 27.9 Å². The number of hydrogen-bond donors (Lipinski definition) is 3. The van der Waals surface area contributed by atoms with Gasteiger partial charge in [-0.1, -0.05) is 0 Å². The SMILES string of the molecule is O=C(N[C@H]1C[C@H]2CNC[C@H]2C[C@@H]1O)c1cc2sccc2nc1C(F)(F)F. The van der Waals surface area contributed by atoms with E-state index in [1.807, 2.05) is 0 Å². The summed E-state index contributed by atoms with van der Waals surface area (Å²) in [6.07, 6.45) is -4.39. The molecule has 3 N–H and O–H groups in total. The number of rotatable bonds is 2. The van der Waals surface area contributed by atoms with Crippen molar-refractivity contribution in [1.29, 1.82) is 0 Å². The Bertz CT molecular complexity index is 838. The van der Waals surface area contributed by atoms with Gasteiger partial charge in [0.2, 0.25) is 0 Å². The lowest BCUT2D eigenvalue weighted by molar-refractivity contribution is -0.141. The molecule has 5 nitrogen and oxygen atoms in total. The summed E-state index contributed by atoms with van der Waals surface area (Å²) in [5.74, 6) is -0.162. The number of halogens is 3. The fraction of sp³-hybridized carbons (Fsp3) is 0.529. The molecule has 0 radical (unpaired) electrons. The van der Waals surface area contributed by atoms with E-state index >= 15 is 0 Å². The quantitative estimate of drug-likeness (QED) is 0.742. The van der Waals surface area contributed by atoms with Gasteiger partial charge in [-0.25, -0.2) is 4.98 Å². The fourth-order valence-electron chi connectivity index (χ4n) is 3.98. The number of nitrogens with zero attached hydrogens (tertiary/aromatic N) is 1. The van der Waals surface area contributed by atoms with Gasteiger partial charge >= 0.3 is 6.18 Å². The maximum atomic E-state index is 13.4. The summed E-state index contributed by atoms with van der Waals surface area (Å²) in [5.41, 5.74) is -1.46. The molecule has 4 atom stereocenters. The van der Waals surface area contributed by atoms with E-state index in [1.54, 1.807) is 5.38 Å². The second-order valence-electron chi connectivity index (χ2n) is 6.98. The lowest BCUT2D eigenvalue weighted by atomic mass is 9.77. The van der Waals surface area contributed by atoms with Gasteiger partial charge in [0.1, 0.15) is 0 Å². The summed E-state index contributed by atoms with van der Waals surface area (Å²) < 4.78 is 40.7. The van der Waals surface area contributed by atoms with Crippen molar-refractivity contribution >= 4 is 27.5 Å². The van der Waals surface area contributed by atoms with E-state index in [4.69, 9.17) is 0 Å². The number of aliphatic hydroxyl groups is 1. The Morgan fingerprint density at radius 1 is 1.31 bits per heavy atom. The van der Waals surface area contributed by atoms with Gasteiger partial charge in [-0.15, -0.1) is 11.3 Å². The van der Waals surface area contributed by atoms with Crippen LogP contribution in [-0.2, 0) is 6.18 Å². The minimum absolute atomic E-state index is 0.219. The highest BCUT2D eigenvalue weighted by atomic mass is 32.1. The van der Waals surface area contributed by atoms with Gasteiger partial charge in [0.15, 0.2) is 5.69 Å². The summed E-state index contributed by atoms with van der Waals surface area (Å²) in [6, 6.07) is 2.18. The van der Waals surface area contributed by atoms with E-state index < -0.39 is 35.5 Å². The predicted octanol–water partition coefficient (Wildman–Crippen LogP) is 2.40. The number of alkyl halides is 3. The minimum atomic E-state index is -4.73. The molecule has 9 heteroatoms. The number of fused-ring (bicyclic) bond motifs is 2. The molecular weight excluding hydrogens is 367 g/mol. The third kappa shape index (κ3) is 3.19. The van der Waals surface area contributed by atoms with Gasteiger partial charge in [-0.05, 0) is 55.3 Å². The fourth-order valence-corrected chi connectivity index (χ4v) is 4.75. The maximum absolute atomic E-state index is 13.4. The highest BCUT2D eigenvalue weighted by molar-refractivity contribution is 7.17. The van der Waals surface area contributed by atoms with Crippen molar-refractivity contribution in [3.8, 4) is 0 Å². The largest absolute Gasteiger partial charge is 0.434 e. The van der Waals surface area contributed by atoms with Crippen molar-refractivity contribution in [3.63, 3.8) is 0 Å². The average Bonchev–Trinajstić information content (AvgIpc) is 3.21. The van der Waals surface area contributed by atoms with Crippen molar-refractivity contribution in [2.75, 3.05) is 13.1 Å². The van der Waals surface area contributed by atoms with Crippen LogP contribution in [0.25, 0.3) is 10.2 Å². The number of pyridine rings is 1. The number of nitrogens with one attached hydrogen (secondary N) is 2. The minimum Gasteiger partial charge on any atom is -0.391 e. The summed E-state index contributed by atoms with van der Waals surface area (Å²) >= 11 is 1.23. The molecule has 2 aliphatic rings. The molecule has 2 aromatic heterocycles. The van der Waals surface area contributed by atoms with Crippen molar-refractivity contribution < 1.29 is 23.1 Å². The van der Waals surface area contributed by atoms with Crippen LogP contribution in [0.15, 0.2) is 17.5 Å². The number of amides is 1. The molecule has 1 saturated carbocycles. The smallest absolute Gasteiger partial charge is 0.391 e. The van der Waals surface area contributed by atoms with E-state index in [0.29, 0.717) is 29.4 Å². The predicted molar refractivity (Wildman–Crippen MR) is 91.0 cm³/mol. The van der Waals surface area contributed by atoms with Crippen molar-refractivity contribution in [2.45, 2.75) is 31.2 Å². The summed E-state index contributed by atoms with van der Waals surface area (Å²) in [6.45, 7) is 1.64. The third-order valence-corrected chi connectivity index (χ3v) is 6.16. The number of hydrogen-bond acceptors (Lipinski definition) is 5. The molecule has 1 aliphatic carbocycles. The lowest BCUT2D eigenvalue weighted by Crippen LogP contribution is -2.49. The molecular formula is C17H18F3N3O2S. The zero-order valence-corrected chi connectivity index (χ0v) is 14.5. The van der Waals surface area contributed by atoms with Crippen molar-refractivity contribution in [2.24, 2.45) is 11.8 Å². The Hall–Kier alpha value is -1.71. The van der Waals surface area contributed by atoms with Crippen LogP contribution in [0.3, 0.4) is 0 Å². The summed E-state index contributed by atoms with van der Waals surface area (Å²) in [7, 11) is 0. The normalized spacial score (nSPS) is 28.9. The van der Waals surface area contributed by atoms with Gasteiger partial charge in [-0.3, -0.25) is 4.79 Å². The molecule has 0 bridgehead atoms. The molecule has 26 heavy (non-hydrogen) atoms. The Balaban J connectivity index is 1.61. The Morgan fingerprint density at radius 2 is 2.04 bits per heavy atom. The van der Waals surface area contributed by atoms with Gasteiger partial charge in [-0.2, -0.15) is 13.2 Å². The number of aromatic nitrogens is 1. The monoisotopic (exact) mass is 385 g/mol. The first-order valence-corrected chi connectivity index (χ1v) is 9.36.